The van der Waals surface area contributed by atoms with Crippen molar-refractivity contribution in [2.24, 2.45) is 0 Å². The van der Waals surface area contributed by atoms with Crippen LogP contribution in [0.15, 0.2) is 66.7 Å². The van der Waals surface area contributed by atoms with Gasteiger partial charge in [0.1, 0.15) is 5.82 Å². The molecule has 29 heavy (non-hydrogen) atoms. The van der Waals surface area contributed by atoms with Crippen LogP contribution in [0.1, 0.15) is 6.92 Å². The highest BCUT2D eigenvalue weighted by Gasteiger charge is 2.20. The van der Waals surface area contributed by atoms with Gasteiger partial charge in [-0.3, -0.25) is 4.79 Å². The fraction of sp³-hybridized carbons (Fsp3) is 0.261. The van der Waals surface area contributed by atoms with Gasteiger partial charge in [0.2, 0.25) is 12.4 Å². The topological polar surface area (TPSA) is 52.6 Å². The monoisotopic (exact) mass is 387 g/mol. The second-order valence-corrected chi connectivity index (χ2v) is 6.99. The summed E-state index contributed by atoms with van der Waals surface area (Å²) in [6, 6.07) is 22.4. The van der Waals surface area contributed by atoms with Crippen LogP contribution in [-0.4, -0.2) is 54.0 Å². The van der Waals surface area contributed by atoms with Gasteiger partial charge in [-0.05, 0) is 19.1 Å². The molecule has 0 bridgehead atoms. The van der Waals surface area contributed by atoms with Gasteiger partial charge in [-0.25, -0.2) is 4.98 Å². The summed E-state index contributed by atoms with van der Waals surface area (Å²) in [6.07, 6.45) is 0.923. The highest BCUT2D eigenvalue weighted by atomic mass is 16.1. The molecule has 0 atom stereocenters. The van der Waals surface area contributed by atoms with Crippen molar-refractivity contribution in [3.05, 3.63) is 66.7 Å². The number of benzene rings is 2. The minimum atomic E-state index is 0.688. The van der Waals surface area contributed by atoms with Gasteiger partial charge in [0.25, 0.3) is 0 Å². The number of nitrogens with zero attached hydrogens (tertiary/aromatic N) is 5. The largest absolute Gasteiger partial charge is 0.353 e. The van der Waals surface area contributed by atoms with Crippen LogP contribution in [0.5, 0.6) is 0 Å². The van der Waals surface area contributed by atoms with E-state index in [1.165, 1.54) is 0 Å². The van der Waals surface area contributed by atoms with E-state index in [-0.39, 0.29) is 0 Å². The average Bonchev–Trinajstić information content (AvgIpc) is 2.81. The van der Waals surface area contributed by atoms with Crippen LogP contribution in [0, 0.1) is 0 Å². The van der Waals surface area contributed by atoms with Gasteiger partial charge >= 0.3 is 0 Å². The first-order valence-electron chi connectivity index (χ1n) is 10.00. The quantitative estimate of drug-likeness (QED) is 0.605. The molecule has 0 aliphatic carbocycles. The smallest absolute Gasteiger partial charge is 0.232 e. The van der Waals surface area contributed by atoms with Crippen molar-refractivity contribution in [3.63, 3.8) is 0 Å². The average molecular weight is 387 g/mol. The van der Waals surface area contributed by atoms with E-state index in [9.17, 15) is 4.79 Å². The highest BCUT2D eigenvalue weighted by Crippen LogP contribution is 2.28. The molecule has 6 nitrogen and oxygen atoms in total. The first kappa shape index (κ1) is 18.9. The van der Waals surface area contributed by atoms with Crippen molar-refractivity contribution in [3.8, 4) is 11.3 Å². The van der Waals surface area contributed by atoms with Crippen molar-refractivity contribution in [2.75, 3.05) is 42.5 Å². The Balaban J connectivity index is 1.75. The summed E-state index contributed by atoms with van der Waals surface area (Å²) >= 11 is 0. The number of para-hydroxylation sites is 1. The summed E-state index contributed by atoms with van der Waals surface area (Å²) < 4.78 is 0. The number of amides is 1. The fourth-order valence-corrected chi connectivity index (χ4v) is 3.57. The third kappa shape index (κ3) is 4.21. The zero-order valence-electron chi connectivity index (χ0n) is 16.6. The predicted octanol–water partition coefficient (Wildman–Crippen LogP) is 3.58. The van der Waals surface area contributed by atoms with Crippen LogP contribution in [0.3, 0.4) is 0 Å². The van der Waals surface area contributed by atoms with Crippen LogP contribution in [-0.2, 0) is 4.79 Å². The van der Waals surface area contributed by atoms with Crippen LogP contribution >= 0.6 is 0 Å². The second kappa shape index (κ2) is 8.73. The summed E-state index contributed by atoms with van der Waals surface area (Å²) in [6.45, 7) is 5.82. The molecule has 1 fully saturated rings. The normalized spacial score (nSPS) is 14.0. The van der Waals surface area contributed by atoms with Crippen molar-refractivity contribution >= 4 is 23.9 Å². The van der Waals surface area contributed by atoms with E-state index in [0.29, 0.717) is 19.0 Å². The molecule has 1 saturated heterocycles. The van der Waals surface area contributed by atoms with E-state index in [1.54, 1.807) is 4.90 Å². The maximum atomic E-state index is 11.1. The molecule has 0 radical (unpaired) electrons. The molecule has 148 valence electrons. The van der Waals surface area contributed by atoms with Gasteiger partial charge in [0.05, 0.1) is 5.69 Å². The molecule has 1 aromatic heterocycles. The molecular formula is C23H25N5O. The van der Waals surface area contributed by atoms with E-state index in [0.717, 1.165) is 48.8 Å². The zero-order valence-corrected chi connectivity index (χ0v) is 16.6. The van der Waals surface area contributed by atoms with Crippen molar-refractivity contribution < 1.29 is 4.79 Å². The molecular weight excluding hydrogens is 362 g/mol. The maximum absolute atomic E-state index is 11.1. The molecule has 0 unspecified atom stereocenters. The Labute approximate surface area is 171 Å². The highest BCUT2D eigenvalue weighted by molar-refractivity contribution is 5.67. The molecule has 0 N–H and O–H groups in total. The number of hydrogen-bond donors (Lipinski definition) is 0. The molecule has 2 heterocycles. The van der Waals surface area contributed by atoms with Gasteiger partial charge in [0, 0.05) is 50.0 Å². The SMILES string of the molecule is CCN(c1ccccc1)c1nc(-c2ccccc2)cc(N2CCN(C=O)CC2)n1. The minimum absolute atomic E-state index is 0.688. The third-order valence-corrected chi connectivity index (χ3v) is 5.18. The maximum Gasteiger partial charge on any atom is 0.232 e. The number of piperazine rings is 1. The minimum Gasteiger partial charge on any atom is -0.353 e. The summed E-state index contributed by atoms with van der Waals surface area (Å²) in [5.41, 5.74) is 3.03. The predicted molar refractivity (Wildman–Crippen MR) is 116 cm³/mol. The Bertz CT molecular complexity index is 940. The molecule has 1 amide bonds. The Morgan fingerprint density at radius 3 is 2.21 bits per heavy atom. The van der Waals surface area contributed by atoms with Gasteiger partial charge < -0.3 is 14.7 Å². The van der Waals surface area contributed by atoms with E-state index in [4.69, 9.17) is 9.97 Å². The van der Waals surface area contributed by atoms with Crippen LogP contribution in [0.4, 0.5) is 17.5 Å². The molecule has 0 saturated carbocycles. The Kier molecular flexibility index (Phi) is 5.70. The van der Waals surface area contributed by atoms with Gasteiger partial charge in [-0.15, -0.1) is 0 Å². The molecule has 1 aliphatic heterocycles. The molecule has 2 aromatic carbocycles. The lowest BCUT2D eigenvalue weighted by atomic mass is 10.1. The molecule has 0 spiro atoms. The second-order valence-electron chi connectivity index (χ2n) is 6.99. The van der Waals surface area contributed by atoms with Crippen molar-refractivity contribution in [1.82, 2.24) is 14.9 Å². The molecule has 3 aromatic rings. The Morgan fingerprint density at radius 1 is 0.931 bits per heavy atom. The fourth-order valence-electron chi connectivity index (χ4n) is 3.57. The van der Waals surface area contributed by atoms with E-state index < -0.39 is 0 Å². The molecule has 6 heteroatoms. The Morgan fingerprint density at radius 2 is 1.59 bits per heavy atom. The lowest BCUT2D eigenvalue weighted by molar-refractivity contribution is -0.118. The van der Waals surface area contributed by atoms with Crippen LogP contribution in [0.25, 0.3) is 11.3 Å². The van der Waals surface area contributed by atoms with E-state index in [1.807, 2.05) is 42.5 Å². The molecule has 4 rings (SSSR count). The number of rotatable bonds is 6. The first-order valence-corrected chi connectivity index (χ1v) is 10.00. The number of hydrogen-bond acceptors (Lipinski definition) is 5. The summed E-state index contributed by atoms with van der Waals surface area (Å²) in [5, 5.41) is 0. The summed E-state index contributed by atoms with van der Waals surface area (Å²) in [4.78, 5) is 27.0. The first-order chi connectivity index (χ1) is 14.3. The van der Waals surface area contributed by atoms with Gasteiger partial charge in [-0.2, -0.15) is 4.98 Å². The number of carbonyl (C=O) groups is 1. The van der Waals surface area contributed by atoms with Gasteiger partial charge in [0.15, 0.2) is 0 Å². The zero-order chi connectivity index (χ0) is 20.1. The standard InChI is InChI=1S/C23H25N5O/c1-2-28(20-11-7-4-8-12-20)23-24-21(19-9-5-3-6-10-19)17-22(25-23)27-15-13-26(18-29)14-16-27/h3-12,17-18H,2,13-16H2,1H3. The molecule has 1 aliphatic rings. The number of aromatic nitrogens is 2. The van der Waals surface area contributed by atoms with Gasteiger partial charge in [-0.1, -0.05) is 48.5 Å². The number of carbonyl (C=O) groups excluding carboxylic acids is 1. The third-order valence-electron chi connectivity index (χ3n) is 5.18. The number of anilines is 3. The van der Waals surface area contributed by atoms with Crippen molar-refractivity contribution in [2.45, 2.75) is 6.92 Å². The summed E-state index contributed by atoms with van der Waals surface area (Å²) in [7, 11) is 0. The van der Waals surface area contributed by atoms with Crippen LogP contribution in [0.2, 0.25) is 0 Å². The Hall–Kier alpha value is -3.41. The summed E-state index contributed by atoms with van der Waals surface area (Å²) in [5.74, 6) is 1.58. The van der Waals surface area contributed by atoms with E-state index in [2.05, 4.69) is 41.0 Å². The lowest BCUT2D eigenvalue weighted by Crippen LogP contribution is -2.46. The lowest BCUT2D eigenvalue weighted by Gasteiger charge is -2.34. The van der Waals surface area contributed by atoms with Crippen LogP contribution < -0.4 is 9.80 Å². The van der Waals surface area contributed by atoms with E-state index >= 15 is 0 Å². The van der Waals surface area contributed by atoms with Crippen molar-refractivity contribution in [1.29, 1.82) is 0 Å².